The van der Waals surface area contributed by atoms with Crippen LogP contribution in [0.5, 0.6) is 0 Å². The number of hydrogen-bond donors (Lipinski definition) is 5. The number of rotatable bonds is 6. The summed E-state index contributed by atoms with van der Waals surface area (Å²) in [5, 5.41) is 34.2. The molecule has 2 aromatic rings. The van der Waals surface area contributed by atoms with E-state index < -0.39 is 41.7 Å². The molecule has 0 saturated heterocycles. The fourth-order valence-corrected chi connectivity index (χ4v) is 2.90. The van der Waals surface area contributed by atoms with Crippen molar-refractivity contribution in [2.75, 3.05) is 0 Å². The van der Waals surface area contributed by atoms with Crippen LogP contribution in [0, 0.1) is 16.2 Å². The zero-order valence-corrected chi connectivity index (χ0v) is 17.7. The summed E-state index contributed by atoms with van der Waals surface area (Å²) < 4.78 is 39.4. The van der Waals surface area contributed by atoms with Gasteiger partial charge >= 0.3 is 6.18 Å². The van der Waals surface area contributed by atoms with Gasteiger partial charge < -0.3 is 10.6 Å². The van der Waals surface area contributed by atoms with Crippen molar-refractivity contribution in [3.63, 3.8) is 0 Å². The van der Waals surface area contributed by atoms with Gasteiger partial charge in [0.15, 0.2) is 5.82 Å². The summed E-state index contributed by atoms with van der Waals surface area (Å²) in [4.78, 5) is 25.1. The van der Waals surface area contributed by atoms with Gasteiger partial charge in [-0.15, -0.1) is 0 Å². The Balaban J connectivity index is 1.69. The number of halogens is 3. The number of nitrogens with one attached hydrogen (secondary N) is 5. The molecule has 0 unspecified atom stereocenters. The molecule has 14 heteroatoms. The highest BCUT2D eigenvalue weighted by molar-refractivity contribution is 6.09. The van der Waals surface area contributed by atoms with Gasteiger partial charge in [-0.05, 0) is 31.1 Å². The number of amides is 1. The van der Waals surface area contributed by atoms with E-state index in [4.69, 9.17) is 16.2 Å². The molecular formula is C19H22F3N9O2. The molecule has 1 saturated carbocycles. The van der Waals surface area contributed by atoms with Crippen LogP contribution >= 0.6 is 0 Å². The van der Waals surface area contributed by atoms with Crippen LogP contribution in [0.25, 0.3) is 5.52 Å². The standard InChI is InChI=1S/C19H22F3N9O2/c1-9(2)16-29-30(17(33)12-7-11(10-3-4-10)28-31(12)16)8-15(32)26-13(23)5-6-14(24)27-18(25)19(20,21)22/h5-7,9-10H,3-4,8H2,1-2H3,(H2,23,26,32)(H3,24,25,27)/b6-5-. The van der Waals surface area contributed by atoms with Crippen molar-refractivity contribution in [2.24, 2.45) is 0 Å². The lowest BCUT2D eigenvalue weighted by Crippen LogP contribution is -2.39. The molecule has 3 rings (SSSR count). The monoisotopic (exact) mass is 465 g/mol. The van der Waals surface area contributed by atoms with Crippen molar-refractivity contribution >= 4 is 28.9 Å². The number of nitrogens with zero attached hydrogens (tertiary/aromatic N) is 4. The quantitative estimate of drug-likeness (QED) is 0.323. The second-order valence-corrected chi connectivity index (χ2v) is 7.82. The molecule has 5 N–H and O–H groups in total. The van der Waals surface area contributed by atoms with Gasteiger partial charge in [0.2, 0.25) is 11.7 Å². The largest absolute Gasteiger partial charge is 0.448 e. The Morgan fingerprint density at radius 3 is 2.33 bits per heavy atom. The maximum atomic E-state index is 12.8. The first-order valence-corrected chi connectivity index (χ1v) is 9.95. The molecule has 1 amide bonds. The summed E-state index contributed by atoms with van der Waals surface area (Å²) in [5.41, 5.74) is 0.581. The third kappa shape index (κ3) is 5.70. The van der Waals surface area contributed by atoms with E-state index in [1.807, 2.05) is 13.8 Å². The molecule has 1 aliphatic carbocycles. The highest BCUT2D eigenvalue weighted by Crippen LogP contribution is 2.39. The smallest absolute Gasteiger partial charge is 0.322 e. The van der Waals surface area contributed by atoms with Crippen LogP contribution in [-0.4, -0.2) is 49.0 Å². The Morgan fingerprint density at radius 2 is 1.79 bits per heavy atom. The average molecular weight is 465 g/mol. The number of fused-ring (bicyclic) bond motifs is 1. The van der Waals surface area contributed by atoms with Crippen LogP contribution in [0.2, 0.25) is 0 Å². The third-order valence-electron chi connectivity index (χ3n) is 4.66. The van der Waals surface area contributed by atoms with Gasteiger partial charge in [0.1, 0.15) is 23.7 Å². The highest BCUT2D eigenvalue weighted by atomic mass is 19.4. The highest BCUT2D eigenvalue weighted by Gasteiger charge is 2.35. The molecule has 1 aliphatic rings. The molecule has 33 heavy (non-hydrogen) atoms. The molecule has 2 heterocycles. The minimum absolute atomic E-state index is 0.0930. The number of hydrogen-bond acceptors (Lipinski definition) is 7. The Hall–Kier alpha value is -3.84. The van der Waals surface area contributed by atoms with Crippen molar-refractivity contribution in [3.05, 3.63) is 40.1 Å². The Labute approximate surface area is 185 Å². The number of carbonyl (C=O) groups excluding carboxylic acids is 1. The maximum Gasteiger partial charge on any atom is 0.448 e. The predicted molar refractivity (Wildman–Crippen MR) is 113 cm³/mol. The Kier molecular flexibility index (Phi) is 6.46. The Bertz CT molecular complexity index is 1220. The molecule has 0 atom stereocenters. The van der Waals surface area contributed by atoms with Gasteiger partial charge in [-0.25, -0.2) is 9.20 Å². The molecule has 2 aromatic heterocycles. The van der Waals surface area contributed by atoms with Gasteiger partial charge in [-0.2, -0.15) is 23.4 Å². The van der Waals surface area contributed by atoms with E-state index in [-0.39, 0.29) is 5.92 Å². The summed E-state index contributed by atoms with van der Waals surface area (Å²) in [6.07, 6.45) is -1.28. The molecule has 0 aromatic carbocycles. The van der Waals surface area contributed by atoms with Gasteiger partial charge in [-0.3, -0.25) is 25.8 Å². The summed E-state index contributed by atoms with van der Waals surface area (Å²) in [6.45, 7) is 3.25. The SMILES string of the molecule is CC(C)c1nn(CC(=O)NC(=N)/C=C\C(=N)NC(=N)C(F)(F)F)c(=O)c2cc(C3CC3)nn12. The first-order chi connectivity index (χ1) is 15.4. The summed E-state index contributed by atoms with van der Waals surface area (Å²) in [7, 11) is 0. The van der Waals surface area contributed by atoms with Gasteiger partial charge in [0.05, 0.1) is 5.69 Å². The molecule has 11 nitrogen and oxygen atoms in total. The predicted octanol–water partition coefficient (Wildman–Crippen LogP) is 1.65. The zero-order valence-electron chi connectivity index (χ0n) is 17.7. The first kappa shape index (κ1) is 23.8. The maximum absolute atomic E-state index is 12.8. The van der Waals surface area contributed by atoms with E-state index >= 15 is 0 Å². The Morgan fingerprint density at radius 1 is 1.18 bits per heavy atom. The van der Waals surface area contributed by atoms with Gasteiger partial charge in [0, 0.05) is 11.8 Å². The fraction of sp³-hybridized carbons (Fsp3) is 0.421. The molecule has 1 fully saturated rings. The number of aromatic nitrogens is 4. The number of amidine groups is 3. The number of carbonyl (C=O) groups is 1. The zero-order chi connectivity index (χ0) is 24.5. The van der Waals surface area contributed by atoms with Crippen molar-refractivity contribution in [2.45, 2.75) is 51.2 Å². The fourth-order valence-electron chi connectivity index (χ4n) is 2.90. The minimum Gasteiger partial charge on any atom is -0.322 e. The van der Waals surface area contributed by atoms with Crippen molar-refractivity contribution in [1.82, 2.24) is 30.0 Å². The van der Waals surface area contributed by atoms with Crippen LogP contribution in [-0.2, 0) is 11.3 Å². The van der Waals surface area contributed by atoms with E-state index in [0.717, 1.165) is 35.4 Å². The lowest BCUT2D eigenvalue weighted by Gasteiger charge is -2.11. The minimum atomic E-state index is -4.94. The average Bonchev–Trinajstić information content (AvgIpc) is 3.46. The van der Waals surface area contributed by atoms with Crippen LogP contribution in [0.4, 0.5) is 13.2 Å². The van der Waals surface area contributed by atoms with E-state index in [2.05, 4.69) is 15.5 Å². The van der Waals surface area contributed by atoms with E-state index in [1.165, 1.54) is 9.83 Å². The third-order valence-corrected chi connectivity index (χ3v) is 4.66. The molecule has 0 spiro atoms. The first-order valence-electron chi connectivity index (χ1n) is 9.95. The van der Waals surface area contributed by atoms with E-state index in [9.17, 15) is 22.8 Å². The summed E-state index contributed by atoms with van der Waals surface area (Å²) >= 11 is 0. The van der Waals surface area contributed by atoms with Crippen molar-refractivity contribution in [3.8, 4) is 0 Å². The molecule has 176 valence electrons. The van der Waals surface area contributed by atoms with Gasteiger partial charge in [-0.1, -0.05) is 13.8 Å². The van der Waals surface area contributed by atoms with E-state index in [1.54, 1.807) is 6.07 Å². The second-order valence-electron chi connectivity index (χ2n) is 7.82. The van der Waals surface area contributed by atoms with Crippen LogP contribution in [0.1, 0.15) is 50.0 Å². The molecule has 0 aliphatic heterocycles. The van der Waals surface area contributed by atoms with Crippen LogP contribution in [0.3, 0.4) is 0 Å². The molecule has 0 bridgehead atoms. The second kappa shape index (κ2) is 8.96. The lowest BCUT2D eigenvalue weighted by atomic mass is 10.2. The van der Waals surface area contributed by atoms with Crippen molar-refractivity contribution < 1.29 is 18.0 Å². The lowest BCUT2D eigenvalue weighted by molar-refractivity contribution is -0.120. The van der Waals surface area contributed by atoms with Crippen molar-refractivity contribution in [1.29, 1.82) is 16.2 Å². The van der Waals surface area contributed by atoms with Gasteiger partial charge in [0.25, 0.3) is 5.56 Å². The van der Waals surface area contributed by atoms with E-state index in [0.29, 0.717) is 17.3 Å². The molecular weight excluding hydrogens is 443 g/mol. The summed E-state index contributed by atoms with van der Waals surface area (Å²) in [6, 6.07) is 1.70. The van der Waals surface area contributed by atoms with Crippen LogP contribution < -0.4 is 16.2 Å². The summed E-state index contributed by atoms with van der Waals surface area (Å²) in [5.74, 6) is -3.20. The van der Waals surface area contributed by atoms with Crippen LogP contribution in [0.15, 0.2) is 23.0 Å². The topological polar surface area (TPSA) is 165 Å². The molecule has 0 radical (unpaired) electrons. The number of alkyl halides is 3. The normalized spacial score (nSPS) is 14.1.